The topological polar surface area (TPSA) is 88.0 Å². The van der Waals surface area contributed by atoms with Gasteiger partial charge in [0.05, 0.1) is 5.56 Å². The standard InChI is InChI=1S/C26H25N5O2/c1-17-12-13-21(29-26(33)28-20-9-5-4-6-10-20)16-23(17)30-25(32)22-15-18(2)31(19(22)3)24-11-7-8-14-27-24/h4-16H,1-3H3,(H,30,32)(H2,28,29,33). The van der Waals surface area contributed by atoms with Gasteiger partial charge in [-0.2, -0.15) is 0 Å². The Morgan fingerprint density at radius 3 is 2.24 bits per heavy atom. The molecule has 3 N–H and O–H groups in total. The fourth-order valence-electron chi connectivity index (χ4n) is 3.67. The number of pyridine rings is 1. The Kier molecular flexibility index (Phi) is 6.22. The Morgan fingerprint density at radius 1 is 0.788 bits per heavy atom. The molecule has 0 aliphatic heterocycles. The van der Waals surface area contributed by atoms with Gasteiger partial charge in [-0.05, 0) is 68.8 Å². The molecule has 166 valence electrons. The van der Waals surface area contributed by atoms with Crippen molar-refractivity contribution < 1.29 is 9.59 Å². The van der Waals surface area contributed by atoms with Gasteiger partial charge in [0.1, 0.15) is 5.82 Å². The number of aromatic nitrogens is 2. The van der Waals surface area contributed by atoms with E-state index in [4.69, 9.17) is 0 Å². The van der Waals surface area contributed by atoms with Crippen molar-refractivity contribution >= 4 is 29.0 Å². The lowest BCUT2D eigenvalue weighted by molar-refractivity contribution is 0.102. The molecule has 0 spiro atoms. The van der Waals surface area contributed by atoms with Crippen molar-refractivity contribution in [3.05, 3.63) is 102 Å². The van der Waals surface area contributed by atoms with Crippen molar-refractivity contribution in [3.8, 4) is 5.82 Å². The predicted octanol–water partition coefficient (Wildman–Crippen LogP) is 5.69. The van der Waals surface area contributed by atoms with E-state index in [1.807, 2.05) is 86.0 Å². The highest BCUT2D eigenvalue weighted by Gasteiger charge is 2.18. The molecule has 2 aromatic carbocycles. The zero-order valence-corrected chi connectivity index (χ0v) is 18.7. The lowest BCUT2D eigenvalue weighted by Gasteiger charge is -2.13. The van der Waals surface area contributed by atoms with Gasteiger partial charge in [-0.1, -0.05) is 30.3 Å². The first-order valence-corrected chi connectivity index (χ1v) is 10.6. The summed E-state index contributed by atoms with van der Waals surface area (Å²) < 4.78 is 1.95. The number of benzene rings is 2. The SMILES string of the molecule is Cc1ccc(NC(=O)Nc2ccccc2)cc1NC(=O)c1cc(C)n(-c2ccccn2)c1C. The number of carbonyl (C=O) groups excluding carboxylic acids is 2. The molecule has 0 saturated carbocycles. The van der Waals surface area contributed by atoms with Crippen molar-refractivity contribution in [3.63, 3.8) is 0 Å². The molecule has 4 rings (SSSR count). The van der Waals surface area contributed by atoms with Crippen LogP contribution in [0.1, 0.15) is 27.3 Å². The Morgan fingerprint density at radius 2 is 1.52 bits per heavy atom. The molecule has 0 aliphatic carbocycles. The summed E-state index contributed by atoms with van der Waals surface area (Å²) in [5, 5.41) is 8.56. The lowest BCUT2D eigenvalue weighted by Crippen LogP contribution is -2.20. The van der Waals surface area contributed by atoms with E-state index >= 15 is 0 Å². The molecule has 0 saturated heterocycles. The van der Waals surface area contributed by atoms with E-state index in [-0.39, 0.29) is 11.9 Å². The van der Waals surface area contributed by atoms with Crippen LogP contribution in [-0.4, -0.2) is 21.5 Å². The maximum absolute atomic E-state index is 13.1. The van der Waals surface area contributed by atoms with E-state index in [2.05, 4.69) is 20.9 Å². The Labute approximate surface area is 192 Å². The molecule has 0 bridgehead atoms. The van der Waals surface area contributed by atoms with Crippen molar-refractivity contribution in [2.75, 3.05) is 16.0 Å². The first-order valence-electron chi connectivity index (χ1n) is 10.6. The van der Waals surface area contributed by atoms with E-state index in [1.165, 1.54) is 0 Å². The minimum absolute atomic E-state index is 0.223. The Balaban J connectivity index is 1.51. The molecular formula is C26H25N5O2. The second-order valence-electron chi connectivity index (χ2n) is 7.74. The number of nitrogens with zero attached hydrogens (tertiary/aromatic N) is 2. The summed E-state index contributed by atoms with van der Waals surface area (Å²) in [6.07, 6.45) is 1.73. The number of rotatable bonds is 5. The molecule has 2 aromatic heterocycles. The van der Waals surface area contributed by atoms with Crippen molar-refractivity contribution in [1.29, 1.82) is 0 Å². The molecule has 2 heterocycles. The third kappa shape index (κ3) is 4.93. The van der Waals surface area contributed by atoms with Crippen LogP contribution in [0.5, 0.6) is 0 Å². The van der Waals surface area contributed by atoms with Crippen LogP contribution in [0, 0.1) is 20.8 Å². The Hall–Kier alpha value is -4.39. The number of aryl methyl sites for hydroxylation is 2. The molecule has 3 amide bonds. The van der Waals surface area contributed by atoms with Gasteiger partial charge in [-0.25, -0.2) is 9.78 Å². The quantitative estimate of drug-likeness (QED) is 0.373. The molecule has 0 unspecified atom stereocenters. The average Bonchev–Trinajstić information content (AvgIpc) is 3.11. The van der Waals surface area contributed by atoms with Gasteiger partial charge in [0.2, 0.25) is 0 Å². The Bertz CT molecular complexity index is 1300. The highest BCUT2D eigenvalue weighted by atomic mass is 16.2. The smallest absolute Gasteiger partial charge is 0.322 e. The van der Waals surface area contributed by atoms with Crippen molar-refractivity contribution in [2.24, 2.45) is 0 Å². The number of carbonyl (C=O) groups is 2. The number of para-hydroxylation sites is 1. The van der Waals surface area contributed by atoms with Crippen LogP contribution in [-0.2, 0) is 0 Å². The minimum Gasteiger partial charge on any atom is -0.322 e. The average molecular weight is 440 g/mol. The molecule has 0 atom stereocenters. The maximum atomic E-state index is 13.1. The zero-order valence-electron chi connectivity index (χ0n) is 18.7. The fourth-order valence-corrected chi connectivity index (χ4v) is 3.67. The zero-order chi connectivity index (χ0) is 23.4. The van der Waals surface area contributed by atoms with Gasteiger partial charge in [0.25, 0.3) is 5.91 Å². The summed E-state index contributed by atoms with van der Waals surface area (Å²) >= 11 is 0. The summed E-state index contributed by atoms with van der Waals surface area (Å²) in [6, 6.07) is 21.7. The lowest BCUT2D eigenvalue weighted by atomic mass is 10.1. The predicted molar refractivity (Wildman–Crippen MR) is 131 cm³/mol. The van der Waals surface area contributed by atoms with Gasteiger partial charge in [0.15, 0.2) is 0 Å². The largest absolute Gasteiger partial charge is 0.323 e. The first kappa shape index (κ1) is 21.8. The number of nitrogens with one attached hydrogen (secondary N) is 3. The van der Waals surface area contributed by atoms with Crippen LogP contribution >= 0.6 is 0 Å². The highest BCUT2D eigenvalue weighted by Crippen LogP contribution is 2.24. The number of hydrogen-bond donors (Lipinski definition) is 3. The molecule has 0 aliphatic rings. The van der Waals surface area contributed by atoms with E-state index in [0.29, 0.717) is 22.6 Å². The third-order valence-corrected chi connectivity index (χ3v) is 5.33. The van der Waals surface area contributed by atoms with Gasteiger partial charge >= 0.3 is 6.03 Å². The van der Waals surface area contributed by atoms with Gasteiger partial charge in [-0.15, -0.1) is 0 Å². The first-order chi connectivity index (χ1) is 15.9. The summed E-state index contributed by atoms with van der Waals surface area (Å²) in [7, 11) is 0. The van der Waals surface area contributed by atoms with E-state index in [1.54, 1.807) is 18.3 Å². The minimum atomic E-state index is -0.360. The molecule has 4 aromatic rings. The highest BCUT2D eigenvalue weighted by molar-refractivity contribution is 6.06. The number of anilines is 3. The molecule has 33 heavy (non-hydrogen) atoms. The van der Waals surface area contributed by atoms with Crippen LogP contribution < -0.4 is 16.0 Å². The summed E-state index contributed by atoms with van der Waals surface area (Å²) in [4.78, 5) is 29.8. The van der Waals surface area contributed by atoms with Crippen LogP contribution in [0.4, 0.5) is 21.9 Å². The molecule has 7 heteroatoms. The summed E-state index contributed by atoms with van der Waals surface area (Å²) in [5.41, 5.74) is 5.06. The van der Waals surface area contributed by atoms with Gasteiger partial charge < -0.3 is 20.5 Å². The number of amides is 3. The molecule has 0 radical (unpaired) electrons. The summed E-state index contributed by atoms with van der Waals surface area (Å²) in [6.45, 7) is 5.75. The number of hydrogen-bond acceptors (Lipinski definition) is 3. The summed E-state index contributed by atoms with van der Waals surface area (Å²) in [5.74, 6) is 0.539. The monoisotopic (exact) mass is 439 g/mol. The second kappa shape index (κ2) is 9.40. The molecule has 0 fully saturated rings. The van der Waals surface area contributed by atoms with E-state index in [9.17, 15) is 9.59 Å². The van der Waals surface area contributed by atoms with E-state index < -0.39 is 0 Å². The van der Waals surface area contributed by atoms with Gasteiger partial charge in [-0.3, -0.25) is 4.79 Å². The second-order valence-corrected chi connectivity index (χ2v) is 7.74. The van der Waals surface area contributed by atoms with Crippen LogP contribution in [0.25, 0.3) is 5.82 Å². The molecular weight excluding hydrogens is 414 g/mol. The molecule has 7 nitrogen and oxygen atoms in total. The van der Waals surface area contributed by atoms with E-state index in [0.717, 1.165) is 22.8 Å². The third-order valence-electron chi connectivity index (χ3n) is 5.33. The van der Waals surface area contributed by atoms with Crippen molar-refractivity contribution in [2.45, 2.75) is 20.8 Å². The van der Waals surface area contributed by atoms with Crippen LogP contribution in [0.3, 0.4) is 0 Å². The fraction of sp³-hybridized carbons (Fsp3) is 0.115. The van der Waals surface area contributed by atoms with Crippen LogP contribution in [0.15, 0.2) is 79.0 Å². The number of urea groups is 1. The van der Waals surface area contributed by atoms with Crippen molar-refractivity contribution in [1.82, 2.24) is 9.55 Å². The maximum Gasteiger partial charge on any atom is 0.323 e. The normalized spacial score (nSPS) is 10.5. The van der Waals surface area contributed by atoms with Gasteiger partial charge in [0, 0.05) is 34.6 Å². The van der Waals surface area contributed by atoms with Crippen LogP contribution in [0.2, 0.25) is 0 Å².